The quantitative estimate of drug-likeness (QED) is 0.850. The molecule has 1 aliphatic heterocycles. The van der Waals surface area contributed by atoms with Crippen LogP contribution in [0.25, 0.3) is 0 Å². The highest BCUT2D eigenvalue weighted by Gasteiger charge is 2.39. The molecule has 6 nitrogen and oxygen atoms in total. The van der Waals surface area contributed by atoms with Gasteiger partial charge in [-0.3, -0.25) is 4.79 Å². The number of carbonyl (C=O) groups excluding carboxylic acids is 1. The van der Waals surface area contributed by atoms with Gasteiger partial charge in [-0.2, -0.15) is 0 Å². The highest BCUT2D eigenvalue weighted by Crippen LogP contribution is 2.37. The van der Waals surface area contributed by atoms with Crippen LogP contribution in [0.4, 0.5) is 0 Å². The number of nitrogens with two attached hydrogens (primary N) is 1. The Morgan fingerprint density at radius 3 is 2.74 bits per heavy atom. The van der Waals surface area contributed by atoms with Crippen molar-refractivity contribution in [1.29, 1.82) is 0 Å². The van der Waals surface area contributed by atoms with Crippen LogP contribution in [0.15, 0.2) is 35.9 Å². The second kappa shape index (κ2) is 6.41. The fraction of sp³-hybridized carbons (Fsp3) is 0.500. The summed E-state index contributed by atoms with van der Waals surface area (Å²) >= 11 is 0. The molecule has 1 saturated heterocycles. The first-order chi connectivity index (χ1) is 10.7. The third-order valence-corrected chi connectivity index (χ3v) is 5.33. The standard InChI is InChI=1S/C16H23N3O3S/c1-4-6-14-16(2,3)9-5-10-19(14)15(20)13-8-7-12(11-18-13)23(17,21)22/h4,7-8,11,14H,1,5-6,9-10H2,2-3H3,(H2,17,21,22)/t14-/m0/s1. The van der Waals surface area contributed by atoms with Gasteiger partial charge in [0, 0.05) is 18.8 Å². The molecule has 0 aliphatic carbocycles. The minimum atomic E-state index is -3.81. The number of hydrogen-bond donors (Lipinski definition) is 1. The zero-order chi connectivity index (χ0) is 17.3. The summed E-state index contributed by atoms with van der Waals surface area (Å²) in [5.41, 5.74) is 0.229. The summed E-state index contributed by atoms with van der Waals surface area (Å²) in [7, 11) is -3.81. The molecule has 1 atom stereocenters. The van der Waals surface area contributed by atoms with Gasteiger partial charge in [-0.15, -0.1) is 6.58 Å². The van der Waals surface area contributed by atoms with E-state index in [1.165, 1.54) is 12.1 Å². The Morgan fingerprint density at radius 1 is 1.52 bits per heavy atom. The van der Waals surface area contributed by atoms with E-state index in [0.717, 1.165) is 19.0 Å². The SMILES string of the molecule is C=CC[C@@H]1N(C(=O)c2ccc(S(N)(=O)=O)cn2)CCCC1(C)C. The topological polar surface area (TPSA) is 93.4 Å². The molecule has 0 aromatic carbocycles. The molecule has 1 aromatic rings. The number of piperidine rings is 1. The van der Waals surface area contributed by atoms with E-state index >= 15 is 0 Å². The normalized spacial score (nSPS) is 21.0. The van der Waals surface area contributed by atoms with Crippen LogP contribution in [0.2, 0.25) is 0 Å². The lowest BCUT2D eigenvalue weighted by Gasteiger charge is -2.46. The average Bonchev–Trinajstić information content (AvgIpc) is 2.48. The Kier molecular flexibility index (Phi) is 4.91. The van der Waals surface area contributed by atoms with Crippen LogP contribution in [0.5, 0.6) is 0 Å². The lowest BCUT2D eigenvalue weighted by Crippen LogP contribution is -2.52. The zero-order valence-corrected chi connectivity index (χ0v) is 14.3. The van der Waals surface area contributed by atoms with E-state index in [1.807, 2.05) is 11.0 Å². The number of rotatable bonds is 4. The first-order valence-corrected chi connectivity index (χ1v) is 9.12. The Bertz CT molecular complexity index is 696. The van der Waals surface area contributed by atoms with Crippen molar-refractivity contribution in [2.45, 2.75) is 44.0 Å². The van der Waals surface area contributed by atoms with Crippen LogP contribution in [-0.4, -0.2) is 36.8 Å². The Morgan fingerprint density at radius 2 is 2.22 bits per heavy atom. The second-order valence-corrected chi connectivity index (χ2v) is 8.12. The lowest BCUT2D eigenvalue weighted by molar-refractivity contribution is 0.0282. The molecule has 2 heterocycles. The van der Waals surface area contributed by atoms with Crippen molar-refractivity contribution in [3.8, 4) is 0 Å². The number of hydrogen-bond acceptors (Lipinski definition) is 4. The molecule has 23 heavy (non-hydrogen) atoms. The van der Waals surface area contributed by atoms with Crippen molar-refractivity contribution in [2.75, 3.05) is 6.54 Å². The molecule has 0 saturated carbocycles. The molecule has 0 radical (unpaired) electrons. The van der Waals surface area contributed by atoms with Gasteiger partial charge in [0.25, 0.3) is 5.91 Å². The Labute approximate surface area is 137 Å². The molecule has 1 aromatic heterocycles. The predicted molar refractivity (Wildman–Crippen MR) is 88.3 cm³/mol. The van der Waals surface area contributed by atoms with E-state index < -0.39 is 10.0 Å². The molecule has 0 spiro atoms. The van der Waals surface area contributed by atoms with E-state index in [2.05, 4.69) is 25.4 Å². The van der Waals surface area contributed by atoms with E-state index in [-0.39, 0.29) is 28.0 Å². The summed E-state index contributed by atoms with van der Waals surface area (Å²) in [6.45, 7) is 8.76. The molecule has 0 bridgehead atoms. The third kappa shape index (κ3) is 3.79. The van der Waals surface area contributed by atoms with E-state index in [0.29, 0.717) is 13.0 Å². The molecule has 1 aliphatic rings. The largest absolute Gasteiger partial charge is 0.333 e. The average molecular weight is 337 g/mol. The lowest BCUT2D eigenvalue weighted by atomic mass is 9.75. The van der Waals surface area contributed by atoms with Crippen LogP contribution in [0.1, 0.15) is 43.6 Å². The third-order valence-electron chi connectivity index (χ3n) is 4.43. The number of amides is 1. The van der Waals surface area contributed by atoms with Crippen molar-refractivity contribution in [2.24, 2.45) is 10.6 Å². The molecular formula is C16H23N3O3S. The van der Waals surface area contributed by atoms with Crippen LogP contribution >= 0.6 is 0 Å². The molecule has 1 fully saturated rings. The Balaban J connectivity index is 2.29. The summed E-state index contributed by atoms with van der Waals surface area (Å²) < 4.78 is 22.5. The molecular weight excluding hydrogens is 314 g/mol. The maximum absolute atomic E-state index is 12.8. The van der Waals surface area contributed by atoms with Gasteiger partial charge in [0.15, 0.2) is 0 Å². The van der Waals surface area contributed by atoms with E-state index in [9.17, 15) is 13.2 Å². The van der Waals surface area contributed by atoms with Crippen LogP contribution in [-0.2, 0) is 10.0 Å². The van der Waals surface area contributed by atoms with Gasteiger partial charge in [0.05, 0.1) is 0 Å². The molecule has 7 heteroatoms. The fourth-order valence-electron chi connectivity index (χ4n) is 3.12. The van der Waals surface area contributed by atoms with Crippen molar-refractivity contribution in [1.82, 2.24) is 9.88 Å². The fourth-order valence-corrected chi connectivity index (χ4v) is 3.58. The van der Waals surface area contributed by atoms with Crippen LogP contribution < -0.4 is 5.14 Å². The predicted octanol–water partition coefficient (Wildman–Crippen LogP) is 1.94. The molecule has 2 rings (SSSR count). The number of pyridine rings is 1. The minimum Gasteiger partial charge on any atom is -0.333 e. The van der Waals surface area contributed by atoms with E-state index in [4.69, 9.17) is 5.14 Å². The first-order valence-electron chi connectivity index (χ1n) is 7.57. The molecule has 0 unspecified atom stereocenters. The molecule has 1 amide bonds. The van der Waals surface area contributed by atoms with Crippen molar-refractivity contribution in [3.63, 3.8) is 0 Å². The maximum atomic E-state index is 12.8. The number of primary sulfonamides is 1. The van der Waals surface area contributed by atoms with Gasteiger partial charge in [-0.1, -0.05) is 19.9 Å². The number of sulfonamides is 1. The number of nitrogens with zero attached hydrogens (tertiary/aromatic N) is 2. The van der Waals surface area contributed by atoms with Crippen LogP contribution in [0.3, 0.4) is 0 Å². The summed E-state index contributed by atoms with van der Waals surface area (Å²) in [6.07, 6.45) is 5.65. The monoisotopic (exact) mass is 337 g/mol. The number of aromatic nitrogens is 1. The number of carbonyl (C=O) groups is 1. The zero-order valence-electron chi connectivity index (χ0n) is 13.5. The maximum Gasteiger partial charge on any atom is 0.272 e. The van der Waals surface area contributed by atoms with Crippen molar-refractivity contribution in [3.05, 3.63) is 36.7 Å². The van der Waals surface area contributed by atoms with Gasteiger partial charge in [0.1, 0.15) is 10.6 Å². The minimum absolute atomic E-state index is 0.00262. The highest BCUT2D eigenvalue weighted by atomic mass is 32.2. The van der Waals surface area contributed by atoms with Gasteiger partial charge < -0.3 is 4.90 Å². The second-order valence-electron chi connectivity index (χ2n) is 6.56. The number of likely N-dealkylation sites (tertiary alicyclic amines) is 1. The Hall–Kier alpha value is -1.73. The summed E-state index contributed by atoms with van der Waals surface area (Å²) in [4.78, 5) is 18.5. The van der Waals surface area contributed by atoms with Gasteiger partial charge in [-0.25, -0.2) is 18.5 Å². The van der Waals surface area contributed by atoms with Crippen LogP contribution in [0, 0.1) is 5.41 Å². The first kappa shape index (κ1) is 17.6. The summed E-state index contributed by atoms with van der Waals surface area (Å²) in [6, 6.07) is 2.78. The molecule has 126 valence electrons. The smallest absolute Gasteiger partial charge is 0.272 e. The van der Waals surface area contributed by atoms with Gasteiger partial charge in [0.2, 0.25) is 10.0 Å². The summed E-state index contributed by atoms with van der Waals surface area (Å²) in [5, 5.41) is 5.05. The van der Waals surface area contributed by atoms with Gasteiger partial charge >= 0.3 is 0 Å². The summed E-state index contributed by atoms with van der Waals surface area (Å²) in [5.74, 6) is -0.189. The van der Waals surface area contributed by atoms with E-state index in [1.54, 1.807) is 0 Å². The van der Waals surface area contributed by atoms with Crippen molar-refractivity contribution >= 4 is 15.9 Å². The molecule has 2 N–H and O–H groups in total. The highest BCUT2D eigenvalue weighted by molar-refractivity contribution is 7.89. The van der Waals surface area contributed by atoms with Gasteiger partial charge in [-0.05, 0) is 36.8 Å². The van der Waals surface area contributed by atoms with Crippen molar-refractivity contribution < 1.29 is 13.2 Å².